The highest BCUT2D eigenvalue weighted by molar-refractivity contribution is 6.46. The number of urea groups is 1. The number of amides is 4. The summed E-state index contributed by atoms with van der Waals surface area (Å²) in [6.45, 7) is 3.60. The Morgan fingerprint density at radius 2 is 1.71 bits per heavy atom. The summed E-state index contributed by atoms with van der Waals surface area (Å²) in [6.07, 6.45) is 1.39. The number of nitro benzene ring substituents is 1. The number of hydrogen-bond donors (Lipinski definition) is 1. The van der Waals surface area contributed by atoms with Gasteiger partial charge in [-0.3, -0.25) is 25.0 Å². The lowest BCUT2D eigenvalue weighted by Gasteiger charge is -2.27. The molecule has 1 aliphatic rings. The normalized spacial score (nSPS) is 15.1. The Bertz CT molecular complexity index is 1410. The minimum atomic E-state index is -0.937. The summed E-state index contributed by atoms with van der Waals surface area (Å²) < 4.78 is 1.83. The molecule has 9 nitrogen and oxygen atoms in total. The number of benzene rings is 2. The van der Waals surface area contributed by atoms with E-state index in [-0.39, 0.29) is 27.0 Å². The lowest BCUT2D eigenvalue weighted by Crippen LogP contribution is -2.54. The molecule has 0 unspecified atom stereocenters. The predicted octanol–water partition coefficient (Wildman–Crippen LogP) is 4.98. The van der Waals surface area contributed by atoms with Crippen molar-refractivity contribution in [1.82, 2.24) is 9.88 Å². The van der Waals surface area contributed by atoms with Gasteiger partial charge in [-0.05, 0) is 55.8 Å². The lowest BCUT2D eigenvalue weighted by atomic mass is 10.1. The highest BCUT2D eigenvalue weighted by Crippen LogP contribution is 2.34. The maximum Gasteiger partial charge on any atom is 0.336 e. The Morgan fingerprint density at radius 1 is 1.03 bits per heavy atom. The molecule has 172 valence electrons. The Morgan fingerprint density at radius 3 is 2.35 bits per heavy atom. The molecule has 0 atom stereocenters. The number of imide groups is 2. The zero-order valence-electron chi connectivity index (χ0n) is 17.8. The summed E-state index contributed by atoms with van der Waals surface area (Å²) in [4.78, 5) is 49.4. The molecule has 2 aromatic carbocycles. The zero-order chi connectivity index (χ0) is 24.7. The Balaban J connectivity index is 1.76. The number of nitrogens with one attached hydrogen (secondary N) is 1. The van der Waals surface area contributed by atoms with Crippen LogP contribution in [-0.2, 0) is 9.59 Å². The summed E-state index contributed by atoms with van der Waals surface area (Å²) >= 11 is 12.2. The third-order valence-corrected chi connectivity index (χ3v) is 6.17. The van der Waals surface area contributed by atoms with E-state index >= 15 is 0 Å². The third kappa shape index (κ3) is 3.95. The molecule has 0 spiro atoms. The van der Waals surface area contributed by atoms with Gasteiger partial charge in [0.25, 0.3) is 17.5 Å². The number of nitrogens with zero attached hydrogens (tertiary/aromatic N) is 3. The van der Waals surface area contributed by atoms with Crippen molar-refractivity contribution in [3.63, 3.8) is 0 Å². The van der Waals surface area contributed by atoms with Crippen LogP contribution in [0.3, 0.4) is 0 Å². The fourth-order valence-electron chi connectivity index (χ4n) is 3.75. The van der Waals surface area contributed by atoms with E-state index in [2.05, 4.69) is 5.32 Å². The van der Waals surface area contributed by atoms with Crippen LogP contribution in [0.15, 0.2) is 54.1 Å². The van der Waals surface area contributed by atoms with E-state index in [4.69, 9.17) is 23.2 Å². The van der Waals surface area contributed by atoms with Crippen LogP contribution in [0.25, 0.3) is 11.8 Å². The first-order valence-corrected chi connectivity index (χ1v) is 10.6. The maximum absolute atomic E-state index is 13.2. The third-order valence-electron chi connectivity index (χ3n) is 5.36. The van der Waals surface area contributed by atoms with Crippen molar-refractivity contribution in [3.05, 3.63) is 91.2 Å². The van der Waals surface area contributed by atoms with Crippen molar-refractivity contribution < 1.29 is 19.3 Å². The molecule has 0 bridgehead atoms. The fourth-order valence-corrected chi connectivity index (χ4v) is 4.13. The maximum atomic E-state index is 13.2. The van der Waals surface area contributed by atoms with Gasteiger partial charge in [0.1, 0.15) is 5.57 Å². The average molecular weight is 499 g/mol. The molecule has 3 aromatic rings. The second kappa shape index (κ2) is 8.77. The van der Waals surface area contributed by atoms with Gasteiger partial charge in [0.05, 0.1) is 20.7 Å². The molecule has 34 heavy (non-hydrogen) atoms. The van der Waals surface area contributed by atoms with Gasteiger partial charge in [-0.1, -0.05) is 29.3 Å². The molecular formula is C23H16Cl2N4O5. The Hall–Kier alpha value is -3.95. The van der Waals surface area contributed by atoms with E-state index in [0.29, 0.717) is 16.9 Å². The molecule has 1 N–H and O–H groups in total. The number of hydrogen-bond acceptors (Lipinski definition) is 5. The summed E-state index contributed by atoms with van der Waals surface area (Å²) in [5.74, 6) is -1.69. The number of aryl methyl sites for hydroxylation is 1. The SMILES string of the molecule is Cc1cc(/C=C2/C(=O)NC(=O)N(c3cccc(Cl)c3Cl)C2=O)c(C)n1-c1ccc([N+](=O)[O-])cc1. The van der Waals surface area contributed by atoms with Gasteiger partial charge in [0.15, 0.2) is 0 Å². The summed E-state index contributed by atoms with van der Waals surface area (Å²) in [5.41, 5.74) is 2.43. The van der Waals surface area contributed by atoms with E-state index in [0.717, 1.165) is 10.6 Å². The molecule has 2 heterocycles. The van der Waals surface area contributed by atoms with Crippen molar-refractivity contribution in [2.75, 3.05) is 4.90 Å². The molecule has 1 saturated heterocycles. The topological polar surface area (TPSA) is 115 Å². The molecule has 1 aromatic heterocycles. The number of rotatable bonds is 4. The number of halogens is 2. The number of nitro groups is 1. The van der Waals surface area contributed by atoms with Gasteiger partial charge in [0, 0.05) is 29.2 Å². The summed E-state index contributed by atoms with van der Waals surface area (Å²) in [5, 5.41) is 13.2. The number of aromatic nitrogens is 1. The van der Waals surface area contributed by atoms with Crippen LogP contribution in [0.2, 0.25) is 10.0 Å². The second-order valence-electron chi connectivity index (χ2n) is 7.47. The minimum absolute atomic E-state index is 0.00212. The average Bonchev–Trinajstić information content (AvgIpc) is 3.06. The van der Waals surface area contributed by atoms with Crippen molar-refractivity contribution >= 4 is 58.5 Å². The number of carbonyl (C=O) groups is 3. The highest BCUT2D eigenvalue weighted by atomic mass is 35.5. The number of anilines is 1. The Labute approximate surface area is 203 Å². The molecule has 4 amide bonds. The standard InChI is InChI=1S/C23H16Cl2N4O5/c1-12-10-14(13(2)27(12)15-6-8-16(9-7-15)29(33)34)11-17-21(30)26-23(32)28(22(17)31)19-5-3-4-18(24)20(19)25/h3-11H,1-2H3,(H,26,30,32)/b17-11-. The first-order chi connectivity index (χ1) is 16.1. The number of barbiturate groups is 1. The van der Waals surface area contributed by atoms with E-state index < -0.39 is 22.8 Å². The molecular weight excluding hydrogens is 483 g/mol. The summed E-state index contributed by atoms with van der Waals surface area (Å²) in [6, 6.07) is 11.3. The van der Waals surface area contributed by atoms with Gasteiger partial charge >= 0.3 is 6.03 Å². The summed E-state index contributed by atoms with van der Waals surface area (Å²) in [7, 11) is 0. The van der Waals surface area contributed by atoms with Crippen LogP contribution in [0.4, 0.5) is 16.2 Å². The largest absolute Gasteiger partial charge is 0.336 e. The molecule has 1 aliphatic heterocycles. The van der Waals surface area contributed by atoms with Gasteiger partial charge in [-0.2, -0.15) is 0 Å². The van der Waals surface area contributed by atoms with Crippen LogP contribution in [0.5, 0.6) is 0 Å². The van der Waals surface area contributed by atoms with Crippen molar-refractivity contribution in [2.45, 2.75) is 13.8 Å². The molecule has 0 radical (unpaired) electrons. The van der Waals surface area contributed by atoms with E-state index in [1.165, 1.54) is 36.4 Å². The van der Waals surface area contributed by atoms with E-state index in [9.17, 15) is 24.5 Å². The predicted molar refractivity (Wildman–Crippen MR) is 127 cm³/mol. The van der Waals surface area contributed by atoms with E-state index in [1.54, 1.807) is 25.1 Å². The fraction of sp³-hybridized carbons (Fsp3) is 0.0870. The van der Waals surface area contributed by atoms with Crippen molar-refractivity contribution in [1.29, 1.82) is 0 Å². The van der Waals surface area contributed by atoms with Gasteiger partial charge in [0.2, 0.25) is 0 Å². The molecule has 1 fully saturated rings. The molecule has 0 aliphatic carbocycles. The minimum Gasteiger partial charge on any atom is -0.318 e. The molecule has 4 rings (SSSR count). The zero-order valence-corrected chi connectivity index (χ0v) is 19.3. The van der Waals surface area contributed by atoms with Crippen LogP contribution >= 0.6 is 23.2 Å². The van der Waals surface area contributed by atoms with Crippen LogP contribution in [0, 0.1) is 24.0 Å². The van der Waals surface area contributed by atoms with Crippen LogP contribution in [-0.4, -0.2) is 27.3 Å². The number of carbonyl (C=O) groups excluding carboxylic acids is 3. The highest BCUT2D eigenvalue weighted by Gasteiger charge is 2.38. The Kier molecular flexibility index (Phi) is 5.99. The molecule has 0 saturated carbocycles. The van der Waals surface area contributed by atoms with E-state index in [1.807, 2.05) is 11.5 Å². The second-order valence-corrected chi connectivity index (χ2v) is 8.25. The van der Waals surface area contributed by atoms with Gasteiger partial charge < -0.3 is 4.57 Å². The quantitative estimate of drug-likeness (QED) is 0.236. The lowest BCUT2D eigenvalue weighted by molar-refractivity contribution is -0.384. The van der Waals surface area contributed by atoms with Crippen LogP contribution in [0.1, 0.15) is 17.0 Å². The first kappa shape index (κ1) is 23.2. The number of non-ortho nitro benzene ring substituents is 1. The van der Waals surface area contributed by atoms with Crippen LogP contribution < -0.4 is 10.2 Å². The smallest absolute Gasteiger partial charge is 0.318 e. The first-order valence-electron chi connectivity index (χ1n) is 9.89. The monoisotopic (exact) mass is 498 g/mol. The van der Waals surface area contributed by atoms with Gasteiger partial charge in [-0.25, -0.2) is 9.69 Å². The van der Waals surface area contributed by atoms with Crippen molar-refractivity contribution in [3.8, 4) is 5.69 Å². The molecule has 11 heteroatoms. The van der Waals surface area contributed by atoms with Crippen molar-refractivity contribution in [2.24, 2.45) is 0 Å². The van der Waals surface area contributed by atoms with Gasteiger partial charge in [-0.15, -0.1) is 0 Å².